The predicted octanol–water partition coefficient (Wildman–Crippen LogP) is 3.42. The van der Waals surface area contributed by atoms with E-state index in [2.05, 4.69) is 47.4 Å². The first-order valence-electron chi connectivity index (χ1n) is 3.99. The van der Waals surface area contributed by atoms with Crippen LogP contribution in [0.4, 0.5) is 0 Å². The Hall–Kier alpha value is -0.0400. The Bertz CT molecular complexity index is 166. The van der Waals surface area contributed by atoms with Crippen molar-refractivity contribution < 1.29 is 0 Å². The lowest BCUT2D eigenvalue weighted by Crippen LogP contribution is -2.31. The van der Waals surface area contributed by atoms with E-state index in [1.165, 1.54) is 4.86 Å². The molecule has 0 aromatic carbocycles. The van der Waals surface area contributed by atoms with Crippen molar-refractivity contribution in [3.8, 4) is 0 Å². The van der Waals surface area contributed by atoms with E-state index in [4.69, 9.17) is 0 Å². The van der Waals surface area contributed by atoms with E-state index in [1.807, 2.05) is 0 Å². The van der Waals surface area contributed by atoms with Crippen LogP contribution in [0.5, 0.6) is 0 Å². The van der Waals surface area contributed by atoms with Crippen molar-refractivity contribution in [3.05, 3.63) is 0 Å². The monoisotopic (exact) mass is 172 g/mol. The molecule has 11 heavy (non-hydrogen) atoms. The molecule has 0 N–H and O–H groups in total. The minimum atomic E-state index is 0.269. The largest absolute Gasteiger partial charge is 0.160 e. The highest BCUT2D eigenvalue weighted by Crippen LogP contribution is 2.30. The fourth-order valence-electron chi connectivity index (χ4n) is 1.56. The summed E-state index contributed by atoms with van der Waals surface area (Å²) in [7, 11) is 1.65. The Balaban J connectivity index is 4.90. The maximum Gasteiger partial charge on any atom is -0.00714 e. The molecule has 0 saturated heterocycles. The van der Waals surface area contributed by atoms with Crippen LogP contribution in [0.1, 0.15) is 41.5 Å². The van der Waals surface area contributed by atoms with Crippen molar-refractivity contribution in [2.75, 3.05) is 0 Å². The molecule has 0 spiro atoms. The lowest BCUT2D eigenvalue weighted by Gasteiger charge is -2.31. The Labute approximate surface area is 74.6 Å². The molecule has 0 nitrogen and oxygen atoms in total. The van der Waals surface area contributed by atoms with Gasteiger partial charge in [0.05, 0.1) is 0 Å². The summed E-state index contributed by atoms with van der Waals surface area (Å²) in [6.45, 7) is 13.5. The maximum absolute atomic E-state index is 3.90. The molecule has 0 atom stereocenters. The quantitative estimate of drug-likeness (QED) is 0.491. The van der Waals surface area contributed by atoms with Crippen LogP contribution in [-0.4, -0.2) is 10.7 Å². The lowest BCUT2D eigenvalue weighted by atomic mass is 9.77. The summed E-state index contributed by atoms with van der Waals surface area (Å²) in [6.07, 6.45) is 0. The second-order valence-corrected chi connectivity index (χ2v) is 5.67. The molecule has 0 aliphatic heterocycles. The van der Waals surface area contributed by atoms with Gasteiger partial charge in [0.15, 0.2) is 0 Å². The Kier molecular flexibility index (Phi) is 3.13. The normalized spacial score (nSPS) is 12.9. The van der Waals surface area contributed by atoms with Gasteiger partial charge in [0.2, 0.25) is 0 Å². The zero-order chi connectivity index (χ0) is 9.28. The first-order chi connectivity index (χ1) is 4.69. The smallest absolute Gasteiger partial charge is 0.00714 e. The van der Waals surface area contributed by atoms with Gasteiger partial charge in [-0.3, -0.25) is 0 Å². The molecule has 0 radical (unpaired) electrons. The SMILES string of the molecule is C=S=C(C(C)(C)C)C(C)(C)C. The van der Waals surface area contributed by atoms with E-state index in [0.717, 1.165) is 0 Å². The van der Waals surface area contributed by atoms with Crippen molar-refractivity contribution >= 4 is 21.7 Å². The zero-order valence-corrected chi connectivity index (χ0v) is 9.43. The molecule has 0 rings (SSSR count). The van der Waals surface area contributed by atoms with E-state index in [0.29, 0.717) is 0 Å². The van der Waals surface area contributed by atoms with E-state index in [1.54, 1.807) is 10.9 Å². The second kappa shape index (κ2) is 3.14. The third-order valence-corrected chi connectivity index (χ3v) is 3.02. The van der Waals surface area contributed by atoms with Gasteiger partial charge in [-0.05, 0) is 21.6 Å². The minimum Gasteiger partial charge on any atom is -0.160 e. The van der Waals surface area contributed by atoms with Crippen molar-refractivity contribution in [2.24, 2.45) is 10.8 Å². The summed E-state index contributed by atoms with van der Waals surface area (Å²) in [6, 6.07) is 0. The van der Waals surface area contributed by atoms with Crippen LogP contribution in [0.25, 0.3) is 0 Å². The van der Waals surface area contributed by atoms with Gasteiger partial charge in [-0.25, -0.2) is 0 Å². The Morgan fingerprint density at radius 3 is 1.18 bits per heavy atom. The lowest BCUT2D eigenvalue weighted by molar-refractivity contribution is 0.493. The zero-order valence-electron chi connectivity index (χ0n) is 8.62. The van der Waals surface area contributed by atoms with Gasteiger partial charge in [-0.15, -0.1) is 0 Å². The van der Waals surface area contributed by atoms with E-state index < -0.39 is 0 Å². The maximum atomic E-state index is 3.90. The molecule has 0 aromatic heterocycles. The molecule has 0 aliphatic carbocycles. The molecule has 0 bridgehead atoms. The van der Waals surface area contributed by atoms with E-state index >= 15 is 0 Å². The molecule has 66 valence electrons. The highest BCUT2D eigenvalue weighted by atomic mass is 32.1. The fourth-order valence-corrected chi connectivity index (χ4v) is 2.42. The molecule has 0 aromatic rings. The van der Waals surface area contributed by atoms with Crippen molar-refractivity contribution in [2.45, 2.75) is 41.5 Å². The fraction of sp³-hybridized carbons (Fsp3) is 0.800. The van der Waals surface area contributed by atoms with Gasteiger partial charge in [0, 0.05) is 0 Å². The summed E-state index contributed by atoms with van der Waals surface area (Å²) in [5.41, 5.74) is 0.537. The first kappa shape index (κ1) is 11.0. The molecular formula is C10H20S. The van der Waals surface area contributed by atoms with Crippen molar-refractivity contribution in [1.82, 2.24) is 0 Å². The topological polar surface area (TPSA) is 0 Å². The van der Waals surface area contributed by atoms with Gasteiger partial charge in [0.1, 0.15) is 0 Å². The van der Waals surface area contributed by atoms with Gasteiger partial charge in [-0.2, -0.15) is 10.9 Å². The first-order valence-corrected chi connectivity index (χ1v) is 4.98. The summed E-state index contributed by atoms with van der Waals surface area (Å²) in [5.74, 6) is 3.90. The molecule has 0 saturated carbocycles. The van der Waals surface area contributed by atoms with Crippen LogP contribution in [0.3, 0.4) is 0 Å². The van der Waals surface area contributed by atoms with Crippen LogP contribution in [0.2, 0.25) is 0 Å². The number of rotatable bonds is 0. The minimum absolute atomic E-state index is 0.269. The average molecular weight is 172 g/mol. The second-order valence-electron chi connectivity index (χ2n) is 4.97. The van der Waals surface area contributed by atoms with Crippen LogP contribution in [0, 0.1) is 10.8 Å². The average Bonchev–Trinajstić information content (AvgIpc) is 1.56. The molecule has 1 heteroatoms. The predicted molar refractivity (Wildman–Crippen MR) is 58.6 cm³/mol. The molecule has 0 amide bonds. The highest BCUT2D eigenvalue weighted by molar-refractivity contribution is 7.96. The molecular weight excluding hydrogens is 152 g/mol. The van der Waals surface area contributed by atoms with Gasteiger partial charge in [-0.1, -0.05) is 41.5 Å². The number of hydrogen-bond acceptors (Lipinski definition) is 0. The summed E-state index contributed by atoms with van der Waals surface area (Å²) >= 11 is 0. The van der Waals surface area contributed by atoms with Gasteiger partial charge >= 0.3 is 0 Å². The molecule has 0 aliphatic rings. The van der Waals surface area contributed by atoms with Crippen molar-refractivity contribution in [3.63, 3.8) is 0 Å². The van der Waals surface area contributed by atoms with E-state index in [-0.39, 0.29) is 10.8 Å². The molecule has 0 fully saturated rings. The third kappa shape index (κ3) is 3.24. The van der Waals surface area contributed by atoms with Crippen molar-refractivity contribution in [1.29, 1.82) is 0 Å². The van der Waals surface area contributed by atoms with Crippen LogP contribution >= 0.6 is 10.9 Å². The van der Waals surface area contributed by atoms with Gasteiger partial charge < -0.3 is 0 Å². The third-order valence-electron chi connectivity index (χ3n) is 1.51. The summed E-state index contributed by atoms with van der Waals surface area (Å²) in [5, 5.41) is 0. The number of hydrogen-bond donors (Lipinski definition) is 0. The highest BCUT2D eigenvalue weighted by Gasteiger charge is 2.27. The Morgan fingerprint density at radius 1 is 0.909 bits per heavy atom. The van der Waals surface area contributed by atoms with Crippen LogP contribution in [-0.2, 0) is 0 Å². The molecule has 0 unspecified atom stereocenters. The van der Waals surface area contributed by atoms with Crippen LogP contribution in [0.15, 0.2) is 0 Å². The van der Waals surface area contributed by atoms with Gasteiger partial charge in [0.25, 0.3) is 0 Å². The van der Waals surface area contributed by atoms with E-state index in [9.17, 15) is 0 Å². The standard InChI is InChI=1S/C10H20S/c1-9(2,3)8(11-7)10(4,5)6/h7H2,1-6H3. The van der Waals surface area contributed by atoms with Crippen LogP contribution < -0.4 is 0 Å². The summed E-state index contributed by atoms with van der Waals surface area (Å²) < 4.78 is 0. The summed E-state index contributed by atoms with van der Waals surface area (Å²) in [4.78, 5) is 1.46. The molecule has 0 heterocycles. The Morgan fingerprint density at radius 2 is 1.18 bits per heavy atom.